The van der Waals surface area contributed by atoms with E-state index in [4.69, 9.17) is 0 Å². The molecule has 32 heavy (non-hydrogen) atoms. The number of nitrogens with one attached hydrogen (secondary N) is 1. The second-order valence-electron chi connectivity index (χ2n) is 7.61. The summed E-state index contributed by atoms with van der Waals surface area (Å²) >= 11 is 0. The van der Waals surface area contributed by atoms with Gasteiger partial charge < -0.3 is 10.2 Å². The smallest absolute Gasteiger partial charge is 0.355 e. The van der Waals surface area contributed by atoms with Crippen LogP contribution in [0.25, 0.3) is 11.3 Å². The Labute approximate surface area is 182 Å². The van der Waals surface area contributed by atoms with Crippen LogP contribution in [0.1, 0.15) is 18.4 Å². The molecule has 0 saturated carbocycles. The lowest BCUT2D eigenvalue weighted by atomic mass is 9.95. The zero-order valence-corrected chi connectivity index (χ0v) is 16.9. The molecule has 4 rings (SSSR count). The summed E-state index contributed by atoms with van der Waals surface area (Å²) in [6, 6.07) is 14.1. The predicted molar refractivity (Wildman–Crippen MR) is 112 cm³/mol. The maximum absolute atomic E-state index is 13.1. The Balaban J connectivity index is 1.31. The van der Waals surface area contributed by atoms with Gasteiger partial charge in [-0.1, -0.05) is 0 Å². The average Bonchev–Trinajstić information content (AvgIpc) is 2.80. The van der Waals surface area contributed by atoms with Crippen molar-refractivity contribution in [1.29, 1.82) is 0 Å². The number of rotatable bonds is 4. The number of carbonyl (C=O) groups is 1. The van der Waals surface area contributed by atoms with E-state index in [1.165, 1.54) is 24.3 Å². The van der Waals surface area contributed by atoms with Crippen molar-refractivity contribution in [2.75, 3.05) is 23.3 Å². The van der Waals surface area contributed by atoms with Crippen LogP contribution in [-0.4, -0.2) is 29.2 Å². The second-order valence-corrected chi connectivity index (χ2v) is 7.61. The molecular formula is C23H20F4N4O. The van der Waals surface area contributed by atoms with Gasteiger partial charge in [0.2, 0.25) is 5.91 Å². The molecule has 1 aliphatic rings. The summed E-state index contributed by atoms with van der Waals surface area (Å²) < 4.78 is 51.0. The number of amides is 1. The van der Waals surface area contributed by atoms with Crippen LogP contribution < -0.4 is 10.2 Å². The number of benzene rings is 2. The first-order chi connectivity index (χ1) is 15.3. The number of halogens is 4. The molecule has 1 amide bonds. The van der Waals surface area contributed by atoms with Gasteiger partial charge in [0.1, 0.15) is 5.82 Å². The van der Waals surface area contributed by atoms with Crippen molar-refractivity contribution in [2.24, 2.45) is 5.92 Å². The van der Waals surface area contributed by atoms with Crippen molar-refractivity contribution in [1.82, 2.24) is 10.2 Å². The standard InChI is InChI=1S/C23H20F4N4O/c24-18-5-1-15(2-6-18)20-9-10-21(30-29-20)31-13-11-16(12-14-31)22(32)28-19-7-3-17(4-8-19)23(25,26)27/h1-10,16H,11-14H2,(H,28,32). The number of alkyl halides is 3. The number of carbonyl (C=O) groups excluding carboxylic acids is 1. The van der Waals surface area contributed by atoms with Gasteiger partial charge in [0.15, 0.2) is 5.82 Å². The maximum Gasteiger partial charge on any atom is 0.416 e. The van der Waals surface area contributed by atoms with E-state index in [1.54, 1.807) is 12.1 Å². The van der Waals surface area contributed by atoms with Gasteiger partial charge in [-0.25, -0.2) is 4.39 Å². The Morgan fingerprint density at radius 2 is 1.56 bits per heavy atom. The summed E-state index contributed by atoms with van der Waals surface area (Å²) in [6.45, 7) is 1.21. The number of nitrogens with zero attached hydrogens (tertiary/aromatic N) is 3. The van der Waals surface area contributed by atoms with E-state index in [9.17, 15) is 22.4 Å². The minimum absolute atomic E-state index is 0.206. The zero-order chi connectivity index (χ0) is 22.7. The highest BCUT2D eigenvalue weighted by Crippen LogP contribution is 2.30. The van der Waals surface area contributed by atoms with Gasteiger partial charge in [-0.05, 0) is 73.5 Å². The second kappa shape index (κ2) is 8.94. The molecule has 1 fully saturated rings. The third-order valence-corrected chi connectivity index (χ3v) is 5.46. The van der Waals surface area contributed by atoms with Crippen LogP contribution in [-0.2, 0) is 11.0 Å². The monoisotopic (exact) mass is 444 g/mol. The molecule has 1 N–H and O–H groups in total. The Bertz CT molecular complexity index is 1060. The lowest BCUT2D eigenvalue weighted by molar-refractivity contribution is -0.137. The molecule has 166 valence electrons. The lowest BCUT2D eigenvalue weighted by Gasteiger charge is -2.31. The molecule has 1 aliphatic heterocycles. The van der Waals surface area contributed by atoms with E-state index in [0.717, 1.165) is 17.7 Å². The van der Waals surface area contributed by atoms with Crippen LogP contribution in [0.15, 0.2) is 60.7 Å². The molecule has 2 heterocycles. The summed E-state index contributed by atoms with van der Waals surface area (Å²) in [5, 5.41) is 11.2. The fourth-order valence-electron chi connectivity index (χ4n) is 3.63. The van der Waals surface area contributed by atoms with Crippen LogP contribution in [0.5, 0.6) is 0 Å². The zero-order valence-electron chi connectivity index (χ0n) is 16.9. The van der Waals surface area contributed by atoms with E-state index in [2.05, 4.69) is 15.5 Å². The quantitative estimate of drug-likeness (QED) is 0.565. The third kappa shape index (κ3) is 5.04. The Morgan fingerprint density at radius 1 is 0.906 bits per heavy atom. The molecule has 0 radical (unpaired) electrons. The molecule has 2 aromatic carbocycles. The molecule has 0 aliphatic carbocycles. The summed E-state index contributed by atoms with van der Waals surface area (Å²) in [5.74, 6) is -0.0665. The largest absolute Gasteiger partial charge is 0.416 e. The molecule has 3 aromatic rings. The van der Waals surface area contributed by atoms with Crippen molar-refractivity contribution in [3.05, 3.63) is 72.0 Å². The number of piperidine rings is 1. The summed E-state index contributed by atoms with van der Waals surface area (Å²) in [7, 11) is 0. The lowest BCUT2D eigenvalue weighted by Crippen LogP contribution is -2.38. The first kappa shape index (κ1) is 21.7. The normalized spacial score (nSPS) is 14.9. The summed E-state index contributed by atoms with van der Waals surface area (Å²) in [6.07, 6.45) is -3.22. The first-order valence-electron chi connectivity index (χ1n) is 10.1. The van der Waals surface area contributed by atoms with E-state index in [1.807, 2.05) is 17.0 Å². The van der Waals surface area contributed by atoms with Crippen molar-refractivity contribution in [2.45, 2.75) is 19.0 Å². The molecule has 9 heteroatoms. The van der Waals surface area contributed by atoms with Gasteiger partial charge in [-0.3, -0.25) is 4.79 Å². The molecule has 5 nitrogen and oxygen atoms in total. The molecule has 0 unspecified atom stereocenters. The first-order valence-corrected chi connectivity index (χ1v) is 10.1. The van der Waals surface area contributed by atoms with Crippen LogP contribution in [0.3, 0.4) is 0 Å². The van der Waals surface area contributed by atoms with Crippen molar-refractivity contribution in [3.63, 3.8) is 0 Å². The van der Waals surface area contributed by atoms with E-state index in [0.29, 0.717) is 43.1 Å². The Kier molecular flexibility index (Phi) is 6.07. The van der Waals surface area contributed by atoms with Gasteiger partial charge in [0.25, 0.3) is 0 Å². The fourth-order valence-corrected chi connectivity index (χ4v) is 3.63. The van der Waals surface area contributed by atoms with Gasteiger partial charge in [-0.15, -0.1) is 10.2 Å². The average molecular weight is 444 g/mol. The van der Waals surface area contributed by atoms with Crippen molar-refractivity contribution >= 4 is 17.4 Å². The number of aromatic nitrogens is 2. The van der Waals surface area contributed by atoms with Gasteiger partial charge in [-0.2, -0.15) is 13.2 Å². The van der Waals surface area contributed by atoms with E-state index < -0.39 is 11.7 Å². The molecule has 1 saturated heterocycles. The molecule has 0 spiro atoms. The summed E-state index contributed by atoms with van der Waals surface area (Å²) in [5.41, 5.74) is 0.992. The highest BCUT2D eigenvalue weighted by atomic mass is 19.4. The number of hydrogen-bond acceptors (Lipinski definition) is 4. The molecule has 0 bridgehead atoms. The van der Waals surface area contributed by atoms with Crippen LogP contribution in [0.2, 0.25) is 0 Å². The van der Waals surface area contributed by atoms with Crippen LogP contribution >= 0.6 is 0 Å². The topological polar surface area (TPSA) is 58.1 Å². The SMILES string of the molecule is O=C(Nc1ccc(C(F)(F)F)cc1)C1CCN(c2ccc(-c3ccc(F)cc3)nn2)CC1. The maximum atomic E-state index is 13.1. The van der Waals surface area contributed by atoms with Crippen molar-refractivity contribution < 1.29 is 22.4 Å². The van der Waals surface area contributed by atoms with Crippen LogP contribution in [0, 0.1) is 11.7 Å². The predicted octanol–water partition coefficient (Wildman–Crippen LogP) is 5.16. The third-order valence-electron chi connectivity index (χ3n) is 5.46. The van der Waals surface area contributed by atoms with Gasteiger partial charge >= 0.3 is 6.18 Å². The molecule has 0 atom stereocenters. The Hall–Kier alpha value is -3.49. The number of anilines is 2. The fraction of sp³-hybridized carbons (Fsp3) is 0.261. The highest BCUT2D eigenvalue weighted by molar-refractivity contribution is 5.92. The minimum atomic E-state index is -4.41. The molecular weight excluding hydrogens is 424 g/mol. The summed E-state index contributed by atoms with van der Waals surface area (Å²) in [4.78, 5) is 14.5. The molecule has 1 aromatic heterocycles. The Morgan fingerprint density at radius 3 is 2.12 bits per heavy atom. The number of hydrogen-bond donors (Lipinski definition) is 1. The minimum Gasteiger partial charge on any atom is -0.355 e. The highest BCUT2D eigenvalue weighted by Gasteiger charge is 2.30. The van der Waals surface area contributed by atoms with E-state index in [-0.39, 0.29) is 17.6 Å². The van der Waals surface area contributed by atoms with Crippen LogP contribution in [0.4, 0.5) is 29.1 Å². The van der Waals surface area contributed by atoms with Gasteiger partial charge in [0.05, 0.1) is 11.3 Å². The van der Waals surface area contributed by atoms with E-state index >= 15 is 0 Å². The van der Waals surface area contributed by atoms with Gasteiger partial charge in [0, 0.05) is 30.3 Å². The van der Waals surface area contributed by atoms with Crippen molar-refractivity contribution in [3.8, 4) is 11.3 Å².